The van der Waals surface area contributed by atoms with Crippen LogP contribution in [0.5, 0.6) is 0 Å². The second-order valence-electron chi connectivity index (χ2n) is 11.8. The number of likely N-dealkylation sites (tertiary alicyclic amines) is 1. The lowest BCUT2D eigenvalue weighted by molar-refractivity contribution is -0.137. The number of carbonyl (C=O) groups is 3. The number of nitrogens with one attached hydrogen (secondary N) is 1. The number of hydrogen-bond donors (Lipinski definition) is 2. The number of alkyl halides is 3. The maximum Gasteiger partial charge on any atom is 0.416 e. The molecule has 6 rings (SSSR count). The summed E-state index contributed by atoms with van der Waals surface area (Å²) in [6, 6.07) is 0.802. The lowest BCUT2D eigenvalue weighted by Gasteiger charge is -2.51. The first-order chi connectivity index (χ1) is 18.9. The average Bonchev–Trinajstić information content (AvgIpc) is 3.36. The number of imide groups is 1. The molecule has 0 spiro atoms. The van der Waals surface area contributed by atoms with Crippen LogP contribution in [-0.4, -0.2) is 64.5 Å². The molecule has 2 saturated heterocycles. The maximum absolute atomic E-state index is 16.3. The minimum Gasteiger partial charge on any atom is -0.384 e. The number of piperidine rings is 2. The highest BCUT2D eigenvalue weighted by atomic mass is 19.4. The Labute approximate surface area is 228 Å². The second-order valence-corrected chi connectivity index (χ2v) is 11.8. The van der Waals surface area contributed by atoms with E-state index >= 15 is 4.39 Å². The normalized spacial score (nSPS) is 32.1. The molecule has 0 aromatic heterocycles. The van der Waals surface area contributed by atoms with Crippen molar-refractivity contribution in [1.82, 2.24) is 15.1 Å². The van der Waals surface area contributed by atoms with Gasteiger partial charge in [-0.05, 0) is 49.7 Å². The highest BCUT2D eigenvalue weighted by Gasteiger charge is 2.60. The van der Waals surface area contributed by atoms with Gasteiger partial charge in [-0.1, -0.05) is 25.2 Å². The zero-order valence-electron chi connectivity index (χ0n) is 22.1. The molecule has 0 bridgehead atoms. The molecule has 4 atom stereocenters. The number of aliphatic hydroxyl groups is 1. The molecular formula is C29H31F4N3O4. The molecule has 1 aromatic carbocycles. The first kappa shape index (κ1) is 27.1. The molecule has 1 aromatic rings. The summed E-state index contributed by atoms with van der Waals surface area (Å²) in [5.74, 6) is -2.13. The molecule has 2 unspecified atom stereocenters. The highest BCUT2D eigenvalue weighted by molar-refractivity contribution is 6.05. The lowest BCUT2D eigenvalue weighted by atomic mass is 9.66. The Morgan fingerprint density at radius 1 is 1.23 bits per heavy atom. The van der Waals surface area contributed by atoms with Crippen LogP contribution in [0.25, 0.3) is 0 Å². The third-order valence-corrected chi connectivity index (χ3v) is 9.68. The molecule has 0 saturated carbocycles. The van der Waals surface area contributed by atoms with Gasteiger partial charge in [-0.3, -0.25) is 19.7 Å². The maximum atomic E-state index is 16.3. The van der Waals surface area contributed by atoms with Crippen LogP contribution in [0.2, 0.25) is 0 Å². The van der Waals surface area contributed by atoms with Crippen molar-refractivity contribution in [3.63, 3.8) is 0 Å². The summed E-state index contributed by atoms with van der Waals surface area (Å²) >= 11 is 0. The molecule has 5 aliphatic rings. The summed E-state index contributed by atoms with van der Waals surface area (Å²) in [5, 5.41) is 14.4. The first-order valence-corrected chi connectivity index (χ1v) is 13.8. The zero-order valence-corrected chi connectivity index (χ0v) is 22.1. The van der Waals surface area contributed by atoms with E-state index in [0.717, 1.165) is 6.08 Å². The van der Waals surface area contributed by atoms with Crippen molar-refractivity contribution in [2.45, 2.75) is 69.8 Å². The van der Waals surface area contributed by atoms with Crippen molar-refractivity contribution in [2.75, 3.05) is 19.6 Å². The Morgan fingerprint density at radius 3 is 2.65 bits per heavy atom. The van der Waals surface area contributed by atoms with Crippen LogP contribution in [0, 0.1) is 17.2 Å². The van der Waals surface area contributed by atoms with E-state index in [9.17, 15) is 32.7 Å². The molecule has 11 heteroatoms. The molecule has 3 amide bonds. The SMILES string of the molecule is CCC12Cc3cc4c(c(F)c3[C@]1(O)CCN(CC1C=CC(C(F)(F)F)=CC1)C2)CN([C@H]1CCC(=O)NC1=O)C4=O. The van der Waals surface area contributed by atoms with Crippen molar-refractivity contribution in [3.05, 3.63) is 57.9 Å². The fraction of sp³-hybridized carbons (Fsp3) is 0.552. The monoisotopic (exact) mass is 561 g/mol. The first-order valence-electron chi connectivity index (χ1n) is 13.8. The molecule has 2 fully saturated rings. The van der Waals surface area contributed by atoms with Crippen molar-refractivity contribution in [3.8, 4) is 0 Å². The Kier molecular flexibility index (Phi) is 6.27. The molecule has 3 heterocycles. The zero-order chi connectivity index (χ0) is 28.6. The number of carbonyl (C=O) groups excluding carboxylic acids is 3. The minimum absolute atomic E-state index is 0.0913. The summed E-state index contributed by atoms with van der Waals surface area (Å²) in [4.78, 5) is 40.7. The van der Waals surface area contributed by atoms with Crippen molar-refractivity contribution >= 4 is 17.7 Å². The molecule has 40 heavy (non-hydrogen) atoms. The van der Waals surface area contributed by atoms with Gasteiger partial charge in [0.2, 0.25) is 11.8 Å². The molecule has 214 valence electrons. The van der Waals surface area contributed by atoms with Crippen LogP contribution in [0.3, 0.4) is 0 Å². The summed E-state index contributed by atoms with van der Waals surface area (Å²) in [7, 11) is 0. The predicted octanol–water partition coefficient (Wildman–Crippen LogP) is 3.50. The van der Waals surface area contributed by atoms with E-state index in [0.29, 0.717) is 38.0 Å². The van der Waals surface area contributed by atoms with E-state index in [2.05, 4.69) is 10.2 Å². The van der Waals surface area contributed by atoms with Crippen LogP contribution in [0.4, 0.5) is 17.6 Å². The standard InChI is InChI=1S/C29H31F4N3O4/c1-2-27-12-17-11-19-20(14-36(26(19)39)21-7-8-22(37)34-25(21)38)24(30)23(17)28(27,40)9-10-35(15-27)13-16-3-5-18(6-4-16)29(31,32)33/h3,5-6,11,16,21,40H,2,4,7-10,12-15H2,1H3,(H,34,37,38)/t16?,21-,27?,28+/m0/s1. The summed E-state index contributed by atoms with van der Waals surface area (Å²) in [5.41, 5.74) is -1.65. The van der Waals surface area contributed by atoms with Gasteiger partial charge in [0.25, 0.3) is 5.91 Å². The van der Waals surface area contributed by atoms with E-state index in [1.165, 1.54) is 11.0 Å². The molecule has 7 nitrogen and oxygen atoms in total. The Hall–Kier alpha value is -3.05. The number of fused-ring (bicyclic) bond motifs is 4. The molecule has 0 radical (unpaired) electrons. The van der Waals surface area contributed by atoms with E-state index in [4.69, 9.17) is 0 Å². The largest absolute Gasteiger partial charge is 0.416 e. The van der Waals surface area contributed by atoms with Gasteiger partial charge in [-0.2, -0.15) is 13.2 Å². The minimum atomic E-state index is -4.37. The molecular weight excluding hydrogens is 530 g/mol. The summed E-state index contributed by atoms with van der Waals surface area (Å²) < 4.78 is 55.2. The van der Waals surface area contributed by atoms with Gasteiger partial charge in [0.1, 0.15) is 17.5 Å². The topological polar surface area (TPSA) is 89.9 Å². The fourth-order valence-electron chi connectivity index (χ4n) is 7.51. The number of halogens is 4. The summed E-state index contributed by atoms with van der Waals surface area (Å²) in [6.45, 7) is 3.28. The Balaban J connectivity index is 1.23. The van der Waals surface area contributed by atoms with Gasteiger partial charge in [0, 0.05) is 48.2 Å². The number of amides is 3. The molecule has 3 aliphatic heterocycles. The van der Waals surface area contributed by atoms with Crippen LogP contribution in [0.1, 0.15) is 66.1 Å². The smallest absolute Gasteiger partial charge is 0.384 e. The van der Waals surface area contributed by atoms with Crippen molar-refractivity contribution < 1.29 is 37.1 Å². The Morgan fingerprint density at radius 2 is 2.00 bits per heavy atom. The van der Waals surface area contributed by atoms with Crippen molar-refractivity contribution in [2.24, 2.45) is 11.3 Å². The highest BCUT2D eigenvalue weighted by Crippen LogP contribution is 2.58. The van der Waals surface area contributed by atoms with Gasteiger partial charge in [-0.25, -0.2) is 4.39 Å². The van der Waals surface area contributed by atoms with Gasteiger partial charge < -0.3 is 14.9 Å². The van der Waals surface area contributed by atoms with Crippen LogP contribution in [-0.2, 0) is 28.2 Å². The van der Waals surface area contributed by atoms with Crippen LogP contribution >= 0.6 is 0 Å². The average molecular weight is 562 g/mol. The van der Waals surface area contributed by atoms with Gasteiger partial charge in [-0.15, -0.1) is 0 Å². The van der Waals surface area contributed by atoms with E-state index in [1.807, 2.05) is 6.92 Å². The Bertz CT molecular complexity index is 1370. The summed E-state index contributed by atoms with van der Waals surface area (Å²) in [6.07, 6.45) is 1.29. The van der Waals surface area contributed by atoms with Gasteiger partial charge in [0.15, 0.2) is 0 Å². The third-order valence-electron chi connectivity index (χ3n) is 9.68. The number of benzene rings is 1. The van der Waals surface area contributed by atoms with Crippen LogP contribution in [0.15, 0.2) is 29.9 Å². The van der Waals surface area contributed by atoms with Crippen LogP contribution < -0.4 is 5.32 Å². The quantitative estimate of drug-likeness (QED) is 0.434. The van der Waals surface area contributed by atoms with E-state index < -0.39 is 52.3 Å². The number of rotatable bonds is 4. The fourth-order valence-corrected chi connectivity index (χ4v) is 7.51. The number of hydrogen-bond acceptors (Lipinski definition) is 5. The number of allylic oxidation sites excluding steroid dienone is 3. The molecule has 2 N–H and O–H groups in total. The van der Waals surface area contributed by atoms with E-state index in [-0.39, 0.29) is 54.8 Å². The molecule has 2 aliphatic carbocycles. The van der Waals surface area contributed by atoms with Crippen molar-refractivity contribution in [1.29, 1.82) is 0 Å². The predicted molar refractivity (Wildman–Crippen MR) is 135 cm³/mol. The van der Waals surface area contributed by atoms with Gasteiger partial charge >= 0.3 is 6.18 Å². The second kappa shape index (κ2) is 9.24. The third kappa shape index (κ3) is 4.03. The van der Waals surface area contributed by atoms with E-state index in [1.54, 1.807) is 12.1 Å². The lowest BCUT2D eigenvalue weighted by Crippen LogP contribution is -2.57. The van der Waals surface area contributed by atoms with Gasteiger partial charge in [0.05, 0.1) is 12.1 Å². The number of nitrogens with zero attached hydrogens (tertiary/aromatic N) is 2.